The third-order valence-electron chi connectivity index (χ3n) is 2.30. The van der Waals surface area contributed by atoms with Gasteiger partial charge >= 0.3 is 0 Å². The van der Waals surface area contributed by atoms with Crippen molar-refractivity contribution in [3.63, 3.8) is 0 Å². The van der Waals surface area contributed by atoms with Gasteiger partial charge in [-0.2, -0.15) is 0 Å². The van der Waals surface area contributed by atoms with E-state index in [4.69, 9.17) is 10.5 Å². The van der Waals surface area contributed by atoms with Gasteiger partial charge in [-0.3, -0.25) is 5.73 Å². The highest BCUT2D eigenvalue weighted by Gasteiger charge is 2.30. The number of thioether (sulfide) groups is 1. The van der Waals surface area contributed by atoms with E-state index in [9.17, 15) is 0 Å². The lowest BCUT2D eigenvalue weighted by Crippen LogP contribution is -2.39. The van der Waals surface area contributed by atoms with Crippen LogP contribution in [0, 0.1) is 0 Å². The van der Waals surface area contributed by atoms with Gasteiger partial charge in [0.05, 0.1) is 10.2 Å². The number of fused-ring (bicyclic) bond motifs is 1. The van der Waals surface area contributed by atoms with Crippen LogP contribution < -0.4 is 10.5 Å². The van der Waals surface area contributed by atoms with Crippen molar-refractivity contribution in [2.45, 2.75) is 11.5 Å². The van der Waals surface area contributed by atoms with E-state index in [1.165, 1.54) is 23.1 Å². The summed E-state index contributed by atoms with van der Waals surface area (Å²) in [6, 6.07) is 7.97. The molecule has 0 radical (unpaired) electrons. The first-order valence-corrected chi connectivity index (χ1v) is 6.61. The second kappa shape index (κ2) is 3.76. The van der Waals surface area contributed by atoms with Gasteiger partial charge in [0, 0.05) is 6.42 Å². The van der Waals surface area contributed by atoms with Crippen molar-refractivity contribution in [3.8, 4) is 5.19 Å². The van der Waals surface area contributed by atoms with E-state index >= 15 is 0 Å². The van der Waals surface area contributed by atoms with Gasteiger partial charge in [-0.05, 0) is 17.5 Å². The third-order valence-corrected chi connectivity index (χ3v) is 4.19. The van der Waals surface area contributed by atoms with Crippen molar-refractivity contribution in [3.05, 3.63) is 35.7 Å². The molecule has 1 aromatic heterocycles. The number of hydrogen-bond acceptors (Lipinski definition) is 5. The second-order valence-corrected chi connectivity index (χ2v) is 5.75. The predicted octanol–water partition coefficient (Wildman–Crippen LogP) is 2.94. The number of aromatic nitrogens is 1. The Kier molecular flexibility index (Phi) is 2.38. The molecule has 5 heteroatoms. The summed E-state index contributed by atoms with van der Waals surface area (Å²) in [6.45, 7) is 0. The van der Waals surface area contributed by atoms with Gasteiger partial charge in [0.2, 0.25) is 5.06 Å². The van der Waals surface area contributed by atoms with E-state index in [-0.39, 0.29) is 0 Å². The maximum Gasteiger partial charge on any atom is 0.276 e. The van der Waals surface area contributed by atoms with Crippen molar-refractivity contribution in [2.75, 3.05) is 0 Å². The molecule has 0 bridgehead atoms. The monoisotopic (exact) mass is 250 g/mol. The van der Waals surface area contributed by atoms with Crippen LogP contribution in [0.1, 0.15) is 6.42 Å². The summed E-state index contributed by atoms with van der Waals surface area (Å²) in [4.78, 5) is 4.40. The van der Waals surface area contributed by atoms with Crippen LogP contribution in [0.4, 0.5) is 0 Å². The first-order valence-electron chi connectivity index (χ1n) is 4.91. The number of rotatable bonds is 2. The minimum absolute atomic E-state index is 0.639. The summed E-state index contributed by atoms with van der Waals surface area (Å²) in [5, 5.41) is 1.93. The summed E-state index contributed by atoms with van der Waals surface area (Å²) in [6.07, 6.45) is 2.73. The fourth-order valence-corrected chi connectivity index (χ4v) is 3.21. The molecular formula is C11H10N2OS2. The number of thiazole rings is 1. The third kappa shape index (κ3) is 1.81. The van der Waals surface area contributed by atoms with E-state index in [0.29, 0.717) is 11.6 Å². The molecule has 16 heavy (non-hydrogen) atoms. The van der Waals surface area contributed by atoms with Gasteiger partial charge < -0.3 is 4.74 Å². The van der Waals surface area contributed by atoms with Gasteiger partial charge in [0.1, 0.15) is 0 Å². The van der Waals surface area contributed by atoms with Gasteiger partial charge in [-0.25, -0.2) is 4.98 Å². The Hall–Kier alpha value is -1.04. The molecule has 0 fully saturated rings. The first kappa shape index (κ1) is 10.1. The Morgan fingerprint density at radius 1 is 1.38 bits per heavy atom. The summed E-state index contributed by atoms with van der Waals surface area (Å²) in [5.41, 5.74) is 7.02. The van der Waals surface area contributed by atoms with Crippen LogP contribution in [0.15, 0.2) is 35.7 Å². The van der Waals surface area contributed by atoms with Crippen LogP contribution in [0.25, 0.3) is 10.2 Å². The highest BCUT2D eigenvalue weighted by Crippen LogP contribution is 2.36. The maximum atomic E-state index is 6.06. The molecule has 0 aliphatic carbocycles. The van der Waals surface area contributed by atoms with E-state index < -0.39 is 5.06 Å². The molecule has 2 aromatic rings. The molecule has 1 aromatic carbocycles. The molecule has 3 nitrogen and oxygen atoms in total. The number of hydrogen-bond donors (Lipinski definition) is 1. The average Bonchev–Trinajstić information content (AvgIpc) is 2.84. The predicted molar refractivity (Wildman–Crippen MR) is 68.5 cm³/mol. The maximum absolute atomic E-state index is 6.06. The topological polar surface area (TPSA) is 48.1 Å². The molecule has 1 aliphatic rings. The van der Waals surface area contributed by atoms with Crippen molar-refractivity contribution in [1.29, 1.82) is 0 Å². The molecule has 2 heterocycles. The minimum atomic E-state index is -0.673. The quantitative estimate of drug-likeness (QED) is 0.832. The van der Waals surface area contributed by atoms with E-state index in [0.717, 1.165) is 10.2 Å². The standard InChI is InChI=1S/C11H10N2OS2/c12-11(6-3-7-15-11)14-10-13-8-4-1-2-5-9(8)16-10/h1-5,7H,6,12H2. The Bertz CT molecular complexity index is 509. The molecule has 1 unspecified atom stereocenters. The van der Waals surface area contributed by atoms with Crippen LogP contribution >= 0.6 is 23.1 Å². The molecule has 0 saturated carbocycles. The molecule has 0 saturated heterocycles. The molecule has 2 N–H and O–H groups in total. The molecule has 0 amide bonds. The van der Waals surface area contributed by atoms with Crippen molar-refractivity contribution < 1.29 is 4.74 Å². The lowest BCUT2D eigenvalue weighted by Gasteiger charge is -2.21. The number of nitrogens with zero attached hydrogens (tertiary/aromatic N) is 1. The zero-order chi connectivity index (χ0) is 11.0. The summed E-state index contributed by atoms with van der Waals surface area (Å²) >= 11 is 3.02. The van der Waals surface area contributed by atoms with Crippen LogP contribution in [-0.2, 0) is 0 Å². The Morgan fingerprint density at radius 3 is 3.00 bits per heavy atom. The van der Waals surface area contributed by atoms with Crippen LogP contribution in [0.3, 0.4) is 0 Å². The second-order valence-electron chi connectivity index (χ2n) is 3.56. The highest BCUT2D eigenvalue weighted by atomic mass is 32.2. The summed E-state index contributed by atoms with van der Waals surface area (Å²) < 4.78 is 6.86. The van der Waals surface area contributed by atoms with Crippen LogP contribution in [0.5, 0.6) is 5.19 Å². The zero-order valence-electron chi connectivity index (χ0n) is 8.42. The zero-order valence-corrected chi connectivity index (χ0v) is 10.1. The van der Waals surface area contributed by atoms with Crippen LogP contribution in [0.2, 0.25) is 0 Å². The number of nitrogens with two attached hydrogens (primary N) is 1. The summed E-state index contributed by atoms with van der Waals surface area (Å²) in [7, 11) is 0. The Labute approximate surface area is 101 Å². The molecule has 1 aliphatic heterocycles. The lowest BCUT2D eigenvalue weighted by molar-refractivity contribution is 0.179. The smallest absolute Gasteiger partial charge is 0.276 e. The largest absolute Gasteiger partial charge is 0.438 e. The van der Waals surface area contributed by atoms with Gasteiger partial charge in [-0.1, -0.05) is 41.3 Å². The van der Waals surface area contributed by atoms with Gasteiger partial charge in [0.25, 0.3) is 5.19 Å². The fourth-order valence-electron chi connectivity index (χ4n) is 1.53. The Morgan fingerprint density at radius 2 is 2.25 bits per heavy atom. The van der Waals surface area contributed by atoms with Crippen molar-refractivity contribution >= 4 is 33.3 Å². The number of para-hydroxylation sites is 1. The fraction of sp³-hybridized carbons (Fsp3) is 0.182. The van der Waals surface area contributed by atoms with Gasteiger partial charge in [-0.15, -0.1) is 0 Å². The van der Waals surface area contributed by atoms with Gasteiger partial charge in [0.15, 0.2) is 0 Å². The van der Waals surface area contributed by atoms with Crippen molar-refractivity contribution in [2.24, 2.45) is 5.73 Å². The normalized spacial score (nSPS) is 24.1. The number of benzene rings is 1. The SMILES string of the molecule is NC1(Oc2nc3ccccc3s2)CC=CS1. The van der Waals surface area contributed by atoms with E-state index in [1.807, 2.05) is 35.7 Å². The molecule has 82 valence electrons. The van der Waals surface area contributed by atoms with E-state index in [1.54, 1.807) is 0 Å². The minimum Gasteiger partial charge on any atom is -0.438 e. The van der Waals surface area contributed by atoms with Crippen molar-refractivity contribution in [1.82, 2.24) is 4.98 Å². The highest BCUT2D eigenvalue weighted by molar-refractivity contribution is 8.03. The number of ether oxygens (including phenoxy) is 1. The first-order chi connectivity index (χ1) is 7.75. The van der Waals surface area contributed by atoms with E-state index in [2.05, 4.69) is 4.98 Å². The molecule has 3 rings (SSSR count). The molecule has 0 spiro atoms. The average molecular weight is 250 g/mol. The lowest BCUT2D eigenvalue weighted by atomic mass is 10.3. The molecular weight excluding hydrogens is 240 g/mol. The molecule has 1 atom stereocenters. The summed E-state index contributed by atoms with van der Waals surface area (Å²) in [5.74, 6) is 0. The Balaban J connectivity index is 1.89. The van der Waals surface area contributed by atoms with Crippen LogP contribution in [-0.4, -0.2) is 10.0 Å².